The van der Waals surface area contributed by atoms with Gasteiger partial charge in [0.2, 0.25) is 5.91 Å². The molecular weight excluding hydrogens is 304 g/mol. The Bertz CT molecular complexity index is 576. The van der Waals surface area contributed by atoms with Crippen LogP contribution in [0.5, 0.6) is 0 Å². The van der Waals surface area contributed by atoms with Gasteiger partial charge in [-0.05, 0) is 14.0 Å². The Morgan fingerprint density at radius 3 is 2.58 bits per heavy atom. The van der Waals surface area contributed by atoms with Crippen LogP contribution in [0.1, 0.15) is 50.8 Å². The van der Waals surface area contributed by atoms with Crippen LogP contribution in [0.4, 0.5) is 0 Å². The molecule has 134 valence electrons. The fourth-order valence-corrected chi connectivity index (χ4v) is 3.63. The summed E-state index contributed by atoms with van der Waals surface area (Å²) < 4.78 is 2.22. The van der Waals surface area contributed by atoms with Crippen LogP contribution < -0.4 is 0 Å². The molecule has 0 aliphatic carbocycles. The van der Waals surface area contributed by atoms with E-state index in [1.54, 1.807) is 0 Å². The van der Waals surface area contributed by atoms with Crippen LogP contribution >= 0.6 is 0 Å². The van der Waals surface area contributed by atoms with E-state index < -0.39 is 0 Å². The van der Waals surface area contributed by atoms with Crippen molar-refractivity contribution in [1.82, 2.24) is 29.5 Å². The molecule has 1 aromatic heterocycles. The highest BCUT2D eigenvalue weighted by Crippen LogP contribution is 2.25. The van der Waals surface area contributed by atoms with Crippen LogP contribution in [-0.4, -0.2) is 81.7 Å². The Hall–Kier alpha value is -1.47. The molecule has 0 aromatic carbocycles. The van der Waals surface area contributed by atoms with Crippen molar-refractivity contribution in [2.24, 2.45) is 0 Å². The zero-order valence-corrected chi connectivity index (χ0v) is 15.4. The Morgan fingerprint density at radius 2 is 1.92 bits per heavy atom. The SMILES string of the molecule is CC(C)c1nnc2n1[C@@H](C)CN(C(=O)CCN1CCN(C)CC1)C2. The van der Waals surface area contributed by atoms with Gasteiger partial charge in [-0.25, -0.2) is 0 Å². The number of carbonyl (C=O) groups excluding carboxylic acids is 1. The average Bonchev–Trinajstić information content (AvgIpc) is 2.99. The van der Waals surface area contributed by atoms with Crippen molar-refractivity contribution in [2.75, 3.05) is 46.3 Å². The van der Waals surface area contributed by atoms with Crippen molar-refractivity contribution in [3.8, 4) is 0 Å². The number of hydrogen-bond acceptors (Lipinski definition) is 5. The van der Waals surface area contributed by atoms with E-state index in [0.717, 1.165) is 50.9 Å². The second kappa shape index (κ2) is 7.19. The monoisotopic (exact) mass is 334 g/mol. The first-order valence-corrected chi connectivity index (χ1v) is 9.08. The van der Waals surface area contributed by atoms with E-state index in [1.807, 2.05) is 4.90 Å². The lowest BCUT2D eigenvalue weighted by atomic mass is 10.1. The van der Waals surface area contributed by atoms with Gasteiger partial charge in [-0.1, -0.05) is 13.8 Å². The molecule has 1 amide bonds. The topological polar surface area (TPSA) is 57.5 Å². The number of aromatic nitrogens is 3. The molecule has 24 heavy (non-hydrogen) atoms. The molecule has 7 nitrogen and oxygen atoms in total. The predicted molar refractivity (Wildman–Crippen MR) is 92.8 cm³/mol. The number of rotatable bonds is 4. The fourth-order valence-electron chi connectivity index (χ4n) is 3.63. The van der Waals surface area contributed by atoms with Gasteiger partial charge in [-0.2, -0.15) is 0 Å². The maximum absolute atomic E-state index is 12.6. The van der Waals surface area contributed by atoms with Gasteiger partial charge in [0, 0.05) is 51.6 Å². The molecule has 0 N–H and O–H groups in total. The van der Waals surface area contributed by atoms with Crippen molar-refractivity contribution in [1.29, 1.82) is 0 Å². The summed E-state index contributed by atoms with van der Waals surface area (Å²) in [5, 5.41) is 8.65. The molecule has 1 aromatic rings. The molecule has 0 unspecified atom stereocenters. The van der Waals surface area contributed by atoms with Crippen LogP contribution in [0.15, 0.2) is 0 Å². The van der Waals surface area contributed by atoms with Crippen LogP contribution in [0, 0.1) is 0 Å². The summed E-state index contributed by atoms with van der Waals surface area (Å²) in [6, 6.07) is 0.244. The first-order valence-electron chi connectivity index (χ1n) is 9.08. The first kappa shape index (κ1) is 17.4. The number of nitrogens with zero attached hydrogens (tertiary/aromatic N) is 6. The van der Waals surface area contributed by atoms with Gasteiger partial charge < -0.3 is 19.3 Å². The molecule has 3 rings (SSSR count). The standard InChI is InChI=1S/C17H30N6O/c1-13(2)17-19-18-15-12-22(11-14(3)23(15)17)16(24)5-6-21-9-7-20(4)8-10-21/h13-14H,5-12H2,1-4H3/t14-/m0/s1. The van der Waals surface area contributed by atoms with E-state index in [2.05, 4.69) is 52.4 Å². The van der Waals surface area contributed by atoms with E-state index in [0.29, 0.717) is 18.9 Å². The Labute approximate surface area is 144 Å². The van der Waals surface area contributed by atoms with E-state index in [4.69, 9.17) is 0 Å². The quantitative estimate of drug-likeness (QED) is 0.820. The summed E-state index contributed by atoms with van der Waals surface area (Å²) in [7, 11) is 2.15. The molecule has 0 bridgehead atoms. The number of amides is 1. The summed E-state index contributed by atoms with van der Waals surface area (Å²) in [5.74, 6) is 2.54. The van der Waals surface area contributed by atoms with Gasteiger partial charge >= 0.3 is 0 Å². The largest absolute Gasteiger partial charge is 0.333 e. The van der Waals surface area contributed by atoms with Crippen molar-refractivity contribution < 1.29 is 4.79 Å². The van der Waals surface area contributed by atoms with Gasteiger partial charge in [-0.15, -0.1) is 10.2 Å². The number of piperazine rings is 1. The molecule has 0 radical (unpaired) electrons. The minimum absolute atomic E-state index is 0.237. The van der Waals surface area contributed by atoms with Crippen molar-refractivity contribution in [3.05, 3.63) is 11.6 Å². The van der Waals surface area contributed by atoms with E-state index in [1.165, 1.54) is 0 Å². The molecular formula is C17H30N6O. The molecule has 0 spiro atoms. The van der Waals surface area contributed by atoms with Gasteiger partial charge in [0.25, 0.3) is 0 Å². The van der Waals surface area contributed by atoms with Crippen LogP contribution in [0.2, 0.25) is 0 Å². The average molecular weight is 334 g/mol. The summed E-state index contributed by atoms with van der Waals surface area (Å²) >= 11 is 0. The highest BCUT2D eigenvalue weighted by molar-refractivity contribution is 5.76. The molecule has 3 heterocycles. The van der Waals surface area contributed by atoms with Crippen LogP contribution in [-0.2, 0) is 11.3 Å². The summed E-state index contributed by atoms with van der Waals surface area (Å²) in [4.78, 5) is 19.3. The minimum atomic E-state index is 0.237. The molecule has 7 heteroatoms. The van der Waals surface area contributed by atoms with E-state index in [9.17, 15) is 4.79 Å². The molecule has 1 atom stereocenters. The second-order valence-corrected chi connectivity index (χ2v) is 7.52. The highest BCUT2D eigenvalue weighted by atomic mass is 16.2. The van der Waals surface area contributed by atoms with E-state index in [-0.39, 0.29) is 11.9 Å². The van der Waals surface area contributed by atoms with Crippen molar-refractivity contribution in [2.45, 2.75) is 45.7 Å². The molecule has 1 saturated heterocycles. The van der Waals surface area contributed by atoms with Crippen LogP contribution in [0.25, 0.3) is 0 Å². The van der Waals surface area contributed by atoms with Crippen LogP contribution in [0.3, 0.4) is 0 Å². The third-order valence-corrected chi connectivity index (χ3v) is 5.16. The number of carbonyl (C=O) groups is 1. The van der Waals surface area contributed by atoms with Gasteiger partial charge in [0.05, 0.1) is 12.6 Å². The maximum atomic E-state index is 12.6. The highest BCUT2D eigenvalue weighted by Gasteiger charge is 2.29. The predicted octanol–water partition coefficient (Wildman–Crippen LogP) is 0.942. The molecule has 0 saturated carbocycles. The smallest absolute Gasteiger partial charge is 0.224 e. The van der Waals surface area contributed by atoms with Gasteiger partial charge in [0.15, 0.2) is 5.82 Å². The summed E-state index contributed by atoms with van der Waals surface area (Å²) in [6.45, 7) is 12.9. The van der Waals surface area contributed by atoms with Crippen molar-refractivity contribution in [3.63, 3.8) is 0 Å². The minimum Gasteiger partial charge on any atom is -0.333 e. The number of fused-ring (bicyclic) bond motifs is 1. The maximum Gasteiger partial charge on any atom is 0.224 e. The molecule has 2 aliphatic heterocycles. The Kier molecular flexibility index (Phi) is 5.20. The third-order valence-electron chi connectivity index (χ3n) is 5.16. The fraction of sp³-hybridized carbons (Fsp3) is 0.824. The first-order chi connectivity index (χ1) is 11.5. The Balaban J connectivity index is 1.57. The second-order valence-electron chi connectivity index (χ2n) is 7.52. The zero-order chi connectivity index (χ0) is 17.3. The lowest BCUT2D eigenvalue weighted by Crippen LogP contribution is -2.46. The normalized spacial score (nSPS) is 22.9. The Morgan fingerprint density at radius 1 is 1.21 bits per heavy atom. The lowest BCUT2D eigenvalue weighted by molar-refractivity contribution is -0.133. The van der Waals surface area contributed by atoms with Gasteiger partial charge in [0.1, 0.15) is 5.82 Å². The zero-order valence-electron chi connectivity index (χ0n) is 15.4. The molecule has 2 aliphatic rings. The van der Waals surface area contributed by atoms with Crippen molar-refractivity contribution >= 4 is 5.91 Å². The van der Waals surface area contributed by atoms with Gasteiger partial charge in [-0.3, -0.25) is 4.79 Å². The number of likely N-dealkylation sites (N-methyl/N-ethyl adjacent to an activating group) is 1. The number of hydrogen-bond donors (Lipinski definition) is 0. The lowest BCUT2D eigenvalue weighted by Gasteiger charge is -2.35. The summed E-state index contributed by atoms with van der Waals surface area (Å²) in [5.41, 5.74) is 0. The molecule has 1 fully saturated rings. The summed E-state index contributed by atoms with van der Waals surface area (Å²) in [6.07, 6.45) is 0.599. The van der Waals surface area contributed by atoms with E-state index >= 15 is 0 Å². The third kappa shape index (κ3) is 3.62.